The Morgan fingerprint density at radius 2 is 1.49 bits per heavy atom. The van der Waals surface area contributed by atoms with Gasteiger partial charge in [-0.05, 0) is 85.2 Å². The van der Waals surface area contributed by atoms with Crippen molar-refractivity contribution in [2.45, 2.75) is 72.1 Å². The van der Waals surface area contributed by atoms with Gasteiger partial charge in [0.15, 0.2) is 5.78 Å². The predicted octanol–water partition coefficient (Wildman–Crippen LogP) is 6.37. The number of ketones is 1. The molecule has 0 fully saturated rings. The summed E-state index contributed by atoms with van der Waals surface area (Å²) in [5, 5.41) is 17.2. The molecule has 5 nitrogen and oxygen atoms in total. The molecule has 3 aromatic carbocycles. The van der Waals surface area contributed by atoms with Crippen LogP contribution >= 0.6 is 12.4 Å². The Morgan fingerprint density at radius 3 is 2.12 bits per heavy atom. The second-order valence-electron chi connectivity index (χ2n) is 10.4. The summed E-state index contributed by atoms with van der Waals surface area (Å²) in [7, 11) is 0. The second-order valence-corrected chi connectivity index (χ2v) is 10.4. The zero-order valence-electron chi connectivity index (χ0n) is 24.2. The average Bonchev–Trinajstić information content (AvgIpc) is 2.92. The third-order valence-electron chi connectivity index (χ3n) is 7.22. The maximum atomic E-state index is 13.9. The molecule has 0 saturated carbocycles. The zero-order valence-corrected chi connectivity index (χ0v) is 25.0. The van der Waals surface area contributed by atoms with Gasteiger partial charge in [-0.15, -0.1) is 12.4 Å². The fraction of sp³-hybridized carbons (Fsp3) is 0.394. The molecule has 0 bridgehead atoms. The summed E-state index contributed by atoms with van der Waals surface area (Å²) in [5.74, 6) is -2.07. The third-order valence-corrected chi connectivity index (χ3v) is 7.22. The summed E-state index contributed by atoms with van der Waals surface area (Å²) in [6, 6.07) is 15.5. The smallest absolute Gasteiger partial charge is 0.251 e. The number of amides is 1. The van der Waals surface area contributed by atoms with E-state index in [1.807, 2.05) is 32.9 Å². The summed E-state index contributed by atoms with van der Waals surface area (Å²) >= 11 is 0. The van der Waals surface area contributed by atoms with Crippen LogP contribution in [0.4, 0.5) is 8.78 Å². The number of Topliss-reactive ketones (excluding diaryl/α,β-unsaturated/α-hetero) is 1. The predicted molar refractivity (Wildman–Crippen MR) is 162 cm³/mol. The van der Waals surface area contributed by atoms with Crippen LogP contribution in [0.15, 0.2) is 60.7 Å². The molecule has 0 spiro atoms. The lowest BCUT2D eigenvalue weighted by Gasteiger charge is -2.25. The number of hydrogen-bond acceptors (Lipinski definition) is 4. The molecular weight excluding hydrogens is 546 g/mol. The van der Waals surface area contributed by atoms with E-state index in [1.54, 1.807) is 18.2 Å². The molecular formula is C33H41ClF2N2O3. The number of carbonyl (C=O) groups excluding carboxylic acids is 2. The Kier molecular flexibility index (Phi) is 13.6. The SMILES string of the molecule is CCc1cccc(CNC[C@H](O)[C@H](Cc2cc(F)cc(F)c2)NC(=O)c2cc(C)cc(C(=O)C(CC)CC)c2)c1.Cl. The van der Waals surface area contributed by atoms with E-state index in [-0.39, 0.29) is 37.1 Å². The van der Waals surface area contributed by atoms with Crippen molar-refractivity contribution in [2.24, 2.45) is 5.92 Å². The molecule has 0 aliphatic heterocycles. The van der Waals surface area contributed by atoms with Crippen LogP contribution in [0.2, 0.25) is 0 Å². The van der Waals surface area contributed by atoms with Crippen LogP contribution in [0.3, 0.4) is 0 Å². The van der Waals surface area contributed by atoms with Crippen LogP contribution in [-0.2, 0) is 19.4 Å². The highest BCUT2D eigenvalue weighted by Gasteiger charge is 2.24. The maximum absolute atomic E-state index is 13.9. The summed E-state index contributed by atoms with van der Waals surface area (Å²) in [4.78, 5) is 26.4. The van der Waals surface area contributed by atoms with Crippen LogP contribution in [0, 0.1) is 24.5 Å². The largest absolute Gasteiger partial charge is 0.390 e. The van der Waals surface area contributed by atoms with Crippen LogP contribution < -0.4 is 10.6 Å². The van der Waals surface area contributed by atoms with Crippen LogP contribution in [0.25, 0.3) is 0 Å². The molecule has 0 radical (unpaired) electrons. The van der Waals surface area contributed by atoms with E-state index in [9.17, 15) is 23.5 Å². The fourth-order valence-corrected chi connectivity index (χ4v) is 4.94. The molecule has 0 aromatic heterocycles. The molecule has 3 N–H and O–H groups in total. The Labute approximate surface area is 248 Å². The van der Waals surface area contributed by atoms with Gasteiger partial charge in [0.2, 0.25) is 0 Å². The fourth-order valence-electron chi connectivity index (χ4n) is 4.94. The first kappa shape index (κ1) is 34.1. The highest BCUT2D eigenvalue weighted by Crippen LogP contribution is 2.19. The van der Waals surface area contributed by atoms with Crippen LogP contribution in [-0.4, -0.2) is 35.5 Å². The van der Waals surface area contributed by atoms with Gasteiger partial charge in [0.1, 0.15) is 11.6 Å². The average molecular weight is 587 g/mol. The molecule has 0 unspecified atom stereocenters. The number of aliphatic hydroxyl groups is 1. The Morgan fingerprint density at radius 1 is 0.854 bits per heavy atom. The van der Waals surface area contributed by atoms with Gasteiger partial charge in [-0.1, -0.05) is 45.0 Å². The molecule has 222 valence electrons. The van der Waals surface area contributed by atoms with E-state index in [4.69, 9.17) is 0 Å². The Bertz CT molecular complexity index is 1290. The minimum atomic E-state index is -1.06. The second kappa shape index (κ2) is 16.3. The van der Waals surface area contributed by atoms with E-state index in [2.05, 4.69) is 29.7 Å². The molecule has 3 rings (SSSR count). The van der Waals surface area contributed by atoms with E-state index in [0.29, 0.717) is 36.1 Å². The van der Waals surface area contributed by atoms with Crippen LogP contribution in [0.5, 0.6) is 0 Å². The number of rotatable bonds is 14. The quantitative estimate of drug-likeness (QED) is 0.192. The topological polar surface area (TPSA) is 78.4 Å². The number of hydrogen-bond donors (Lipinski definition) is 3. The number of aryl methyl sites for hydroxylation is 2. The summed E-state index contributed by atoms with van der Waals surface area (Å²) in [5.41, 5.74) is 4.11. The van der Waals surface area contributed by atoms with E-state index in [1.165, 1.54) is 17.7 Å². The minimum absolute atomic E-state index is 0. The first-order chi connectivity index (χ1) is 19.1. The van der Waals surface area contributed by atoms with Gasteiger partial charge >= 0.3 is 0 Å². The van der Waals surface area contributed by atoms with Crippen molar-refractivity contribution in [3.05, 3.63) is 106 Å². The van der Waals surface area contributed by atoms with E-state index < -0.39 is 29.7 Å². The number of aliphatic hydroxyl groups excluding tert-OH is 1. The van der Waals surface area contributed by atoms with Crippen molar-refractivity contribution in [1.29, 1.82) is 0 Å². The molecule has 0 aliphatic rings. The van der Waals surface area contributed by atoms with Gasteiger partial charge in [0, 0.05) is 36.2 Å². The van der Waals surface area contributed by atoms with E-state index >= 15 is 0 Å². The molecule has 0 heterocycles. The lowest BCUT2D eigenvalue weighted by molar-refractivity contribution is 0.0829. The normalized spacial score (nSPS) is 12.5. The van der Waals surface area contributed by atoms with Crippen molar-refractivity contribution >= 4 is 24.1 Å². The number of benzene rings is 3. The van der Waals surface area contributed by atoms with Gasteiger partial charge in [-0.2, -0.15) is 0 Å². The monoisotopic (exact) mass is 586 g/mol. The molecule has 41 heavy (non-hydrogen) atoms. The highest BCUT2D eigenvalue weighted by molar-refractivity contribution is 6.02. The standard InChI is InChI=1S/C33H40F2N2O3.ClH/c1-5-22-9-8-10-23(13-22)19-36-20-31(38)30(16-24-14-28(34)18-29(35)15-24)37-33(40)27-12-21(4)11-26(17-27)32(39)25(6-2)7-3;/h8-15,17-18,25,30-31,36,38H,5-7,16,19-20H2,1-4H3,(H,37,40);1H/t30-,31-;/m0./s1. The highest BCUT2D eigenvalue weighted by atomic mass is 35.5. The van der Waals surface area contributed by atoms with Gasteiger partial charge in [-0.3, -0.25) is 9.59 Å². The summed E-state index contributed by atoms with van der Waals surface area (Å²) in [6.45, 7) is 8.49. The maximum Gasteiger partial charge on any atom is 0.251 e. The van der Waals surface area contributed by atoms with Crippen molar-refractivity contribution < 1.29 is 23.5 Å². The van der Waals surface area contributed by atoms with Crippen molar-refractivity contribution in [3.8, 4) is 0 Å². The first-order valence-electron chi connectivity index (χ1n) is 14.0. The van der Waals surface area contributed by atoms with Crippen LogP contribution in [0.1, 0.15) is 76.6 Å². The number of carbonyl (C=O) groups is 2. The lowest BCUT2D eigenvalue weighted by Crippen LogP contribution is -2.48. The molecule has 3 aromatic rings. The zero-order chi connectivity index (χ0) is 29.2. The van der Waals surface area contributed by atoms with Crippen molar-refractivity contribution in [1.82, 2.24) is 10.6 Å². The van der Waals surface area contributed by atoms with E-state index in [0.717, 1.165) is 23.6 Å². The molecule has 8 heteroatoms. The Hall–Kier alpha value is -3.13. The van der Waals surface area contributed by atoms with Crippen molar-refractivity contribution in [2.75, 3.05) is 6.54 Å². The van der Waals surface area contributed by atoms with Gasteiger partial charge in [0.05, 0.1) is 12.1 Å². The Balaban J connectivity index is 0.00000588. The van der Waals surface area contributed by atoms with Crippen molar-refractivity contribution in [3.63, 3.8) is 0 Å². The summed E-state index contributed by atoms with van der Waals surface area (Å²) < 4.78 is 27.8. The van der Waals surface area contributed by atoms with Gasteiger partial charge in [-0.25, -0.2) is 8.78 Å². The number of nitrogens with one attached hydrogen (secondary N) is 2. The molecule has 2 atom stereocenters. The molecule has 0 aliphatic carbocycles. The lowest BCUT2D eigenvalue weighted by atomic mass is 9.91. The third kappa shape index (κ3) is 10.0. The molecule has 0 saturated heterocycles. The number of halogens is 3. The first-order valence-corrected chi connectivity index (χ1v) is 14.0. The summed E-state index contributed by atoms with van der Waals surface area (Å²) in [6.07, 6.45) is 1.29. The van der Waals surface area contributed by atoms with Gasteiger partial charge < -0.3 is 15.7 Å². The minimum Gasteiger partial charge on any atom is -0.390 e. The van der Waals surface area contributed by atoms with Gasteiger partial charge in [0.25, 0.3) is 5.91 Å². The molecule has 1 amide bonds.